The summed E-state index contributed by atoms with van der Waals surface area (Å²) in [5.41, 5.74) is -0.120. The summed E-state index contributed by atoms with van der Waals surface area (Å²) in [5.74, 6) is 0.621. The first kappa shape index (κ1) is 21.9. The van der Waals surface area contributed by atoms with E-state index in [1.54, 1.807) is 24.5 Å². The number of alkyl halides is 3. The zero-order valence-electron chi connectivity index (χ0n) is 15.1. The summed E-state index contributed by atoms with van der Waals surface area (Å²) < 4.78 is 38.9. The van der Waals surface area contributed by atoms with Crippen molar-refractivity contribution >= 4 is 41.3 Å². The Kier molecular flexibility index (Phi) is 7.12. The second-order valence-electron chi connectivity index (χ2n) is 6.50. The summed E-state index contributed by atoms with van der Waals surface area (Å²) in [7, 11) is 1.67. The number of benzene rings is 1. The molecule has 1 aromatic heterocycles. The number of guanidine groups is 1. The number of rotatable bonds is 5. The molecule has 0 aliphatic heterocycles. The molecular formula is C18H22F3IN4S. The molecular weight excluding hydrogens is 488 g/mol. The molecule has 1 heterocycles. The third kappa shape index (κ3) is 5.56. The van der Waals surface area contributed by atoms with Crippen LogP contribution in [-0.4, -0.2) is 24.5 Å². The first-order valence-corrected chi connectivity index (χ1v) is 9.18. The summed E-state index contributed by atoms with van der Waals surface area (Å²) in [6, 6.07) is 5.64. The Balaban J connectivity index is 0.00000261. The second-order valence-corrected chi connectivity index (χ2v) is 7.82. The van der Waals surface area contributed by atoms with E-state index >= 15 is 0 Å². The van der Waals surface area contributed by atoms with Gasteiger partial charge in [0.25, 0.3) is 0 Å². The van der Waals surface area contributed by atoms with Crippen LogP contribution >= 0.6 is 35.3 Å². The molecule has 0 atom stereocenters. The van der Waals surface area contributed by atoms with Crippen LogP contribution in [-0.2, 0) is 18.1 Å². The molecule has 2 N–H and O–H groups in total. The first-order chi connectivity index (χ1) is 12.3. The Morgan fingerprint density at radius 3 is 2.59 bits per heavy atom. The van der Waals surface area contributed by atoms with Gasteiger partial charge in [-0.25, -0.2) is 4.98 Å². The summed E-state index contributed by atoms with van der Waals surface area (Å²) in [4.78, 5) is 9.62. The van der Waals surface area contributed by atoms with Gasteiger partial charge in [0.1, 0.15) is 5.01 Å². The standard InChI is InChI=1S/C18H21F3N4S.HI/c1-12-9-23-15(26-12)10-24-16(22-2)25-11-17(6-7-17)13-4-3-5-14(8-13)18(19,20)21;/h3-5,8-9H,6-7,10-11H2,1-2H3,(H2,22,24,25);1H. The lowest BCUT2D eigenvalue weighted by Crippen LogP contribution is -2.40. The molecule has 2 aromatic rings. The topological polar surface area (TPSA) is 49.3 Å². The predicted octanol–water partition coefficient (Wildman–Crippen LogP) is 4.49. The average molecular weight is 510 g/mol. The van der Waals surface area contributed by atoms with Gasteiger partial charge < -0.3 is 10.6 Å². The average Bonchev–Trinajstić information content (AvgIpc) is 3.29. The number of nitrogens with one attached hydrogen (secondary N) is 2. The molecule has 1 aromatic carbocycles. The minimum Gasteiger partial charge on any atom is -0.356 e. The molecule has 0 spiro atoms. The van der Waals surface area contributed by atoms with Crippen LogP contribution in [0.5, 0.6) is 0 Å². The lowest BCUT2D eigenvalue weighted by Gasteiger charge is -2.20. The van der Waals surface area contributed by atoms with Crippen LogP contribution in [0.25, 0.3) is 0 Å². The minimum absolute atomic E-state index is 0. The number of hydrogen-bond acceptors (Lipinski definition) is 3. The van der Waals surface area contributed by atoms with Crippen LogP contribution in [0.2, 0.25) is 0 Å². The SMILES string of the molecule is CN=C(NCc1ncc(C)s1)NCC1(c2cccc(C(F)(F)F)c2)CC1.I. The molecule has 4 nitrogen and oxygen atoms in total. The molecule has 148 valence electrons. The lowest BCUT2D eigenvalue weighted by atomic mass is 9.94. The van der Waals surface area contributed by atoms with Crippen LogP contribution in [0.3, 0.4) is 0 Å². The number of aryl methyl sites for hydroxylation is 1. The Hall–Kier alpha value is -1.36. The molecule has 0 unspecified atom stereocenters. The molecule has 0 radical (unpaired) electrons. The fourth-order valence-electron chi connectivity index (χ4n) is 2.86. The molecule has 0 saturated heterocycles. The second kappa shape index (κ2) is 8.76. The smallest absolute Gasteiger partial charge is 0.356 e. The monoisotopic (exact) mass is 510 g/mol. The van der Waals surface area contributed by atoms with Crippen molar-refractivity contribution in [2.45, 2.75) is 37.9 Å². The maximum Gasteiger partial charge on any atom is 0.416 e. The van der Waals surface area contributed by atoms with Crippen LogP contribution < -0.4 is 10.6 Å². The van der Waals surface area contributed by atoms with Gasteiger partial charge in [-0.05, 0) is 31.4 Å². The van der Waals surface area contributed by atoms with Crippen molar-refractivity contribution in [1.82, 2.24) is 15.6 Å². The molecule has 1 saturated carbocycles. The van der Waals surface area contributed by atoms with Gasteiger partial charge in [0.05, 0.1) is 12.1 Å². The van der Waals surface area contributed by atoms with Crippen molar-refractivity contribution < 1.29 is 13.2 Å². The number of nitrogens with zero attached hydrogens (tertiary/aromatic N) is 2. The Morgan fingerprint density at radius 1 is 1.30 bits per heavy atom. The van der Waals surface area contributed by atoms with Crippen molar-refractivity contribution in [3.05, 3.63) is 51.5 Å². The van der Waals surface area contributed by atoms with Crippen LogP contribution in [0, 0.1) is 6.92 Å². The lowest BCUT2D eigenvalue weighted by molar-refractivity contribution is -0.137. The van der Waals surface area contributed by atoms with Gasteiger partial charge in [0.2, 0.25) is 0 Å². The van der Waals surface area contributed by atoms with Crippen molar-refractivity contribution in [3.63, 3.8) is 0 Å². The zero-order valence-corrected chi connectivity index (χ0v) is 18.2. The molecule has 9 heteroatoms. The van der Waals surface area contributed by atoms with E-state index in [0.717, 1.165) is 34.4 Å². The van der Waals surface area contributed by atoms with E-state index in [9.17, 15) is 13.2 Å². The largest absolute Gasteiger partial charge is 0.416 e. The molecule has 3 rings (SSSR count). The maximum atomic E-state index is 13.0. The zero-order chi connectivity index (χ0) is 18.8. The van der Waals surface area contributed by atoms with E-state index in [-0.39, 0.29) is 29.4 Å². The van der Waals surface area contributed by atoms with E-state index in [1.165, 1.54) is 12.1 Å². The molecule has 27 heavy (non-hydrogen) atoms. The van der Waals surface area contributed by atoms with Crippen molar-refractivity contribution in [2.24, 2.45) is 4.99 Å². The highest BCUT2D eigenvalue weighted by Crippen LogP contribution is 2.48. The Labute approximate surface area is 177 Å². The predicted molar refractivity (Wildman–Crippen MR) is 113 cm³/mol. The van der Waals surface area contributed by atoms with Crippen LogP contribution in [0.15, 0.2) is 35.5 Å². The molecule has 1 fully saturated rings. The third-order valence-corrected chi connectivity index (χ3v) is 5.46. The molecule has 1 aliphatic rings. The summed E-state index contributed by atoms with van der Waals surface area (Å²) in [5, 5.41) is 7.40. The molecule has 1 aliphatic carbocycles. The van der Waals surface area contributed by atoms with Gasteiger partial charge in [0.15, 0.2) is 5.96 Å². The van der Waals surface area contributed by atoms with Crippen molar-refractivity contribution in [3.8, 4) is 0 Å². The molecule has 0 amide bonds. The number of hydrogen-bond donors (Lipinski definition) is 2. The van der Waals surface area contributed by atoms with Crippen LogP contribution in [0.1, 0.15) is 33.9 Å². The number of halogens is 4. The summed E-state index contributed by atoms with van der Waals surface area (Å²) in [6.45, 7) is 3.11. The number of aromatic nitrogens is 1. The van der Waals surface area contributed by atoms with Gasteiger partial charge in [-0.3, -0.25) is 4.99 Å². The minimum atomic E-state index is -4.32. The van der Waals surface area contributed by atoms with Gasteiger partial charge in [-0.15, -0.1) is 35.3 Å². The Bertz CT molecular complexity index is 800. The highest BCUT2D eigenvalue weighted by Gasteiger charge is 2.45. The van der Waals surface area contributed by atoms with Gasteiger partial charge in [-0.2, -0.15) is 13.2 Å². The Morgan fingerprint density at radius 2 is 2.04 bits per heavy atom. The maximum absolute atomic E-state index is 13.0. The van der Waals surface area contributed by atoms with Gasteiger partial charge >= 0.3 is 6.18 Å². The first-order valence-electron chi connectivity index (χ1n) is 8.36. The van der Waals surface area contributed by atoms with Gasteiger partial charge in [-0.1, -0.05) is 18.2 Å². The quantitative estimate of drug-likeness (QED) is 0.354. The fourth-order valence-corrected chi connectivity index (χ4v) is 3.59. The van der Waals surface area contributed by atoms with E-state index in [2.05, 4.69) is 20.6 Å². The highest BCUT2D eigenvalue weighted by molar-refractivity contribution is 14.0. The van der Waals surface area contributed by atoms with Crippen molar-refractivity contribution in [2.75, 3.05) is 13.6 Å². The van der Waals surface area contributed by atoms with E-state index in [4.69, 9.17) is 0 Å². The van der Waals surface area contributed by atoms with E-state index in [0.29, 0.717) is 19.0 Å². The normalized spacial score (nSPS) is 15.8. The fraction of sp³-hybridized carbons (Fsp3) is 0.444. The van der Waals surface area contributed by atoms with Gasteiger partial charge in [0, 0.05) is 30.1 Å². The van der Waals surface area contributed by atoms with Crippen LogP contribution in [0.4, 0.5) is 13.2 Å². The van der Waals surface area contributed by atoms with E-state index in [1.807, 2.05) is 13.1 Å². The number of thiazole rings is 1. The van der Waals surface area contributed by atoms with Crippen molar-refractivity contribution in [1.29, 1.82) is 0 Å². The van der Waals surface area contributed by atoms with E-state index < -0.39 is 11.7 Å². The highest BCUT2D eigenvalue weighted by atomic mass is 127. The number of aliphatic imine (C=N–C) groups is 1. The summed E-state index contributed by atoms with van der Waals surface area (Å²) in [6.07, 6.45) is -0.762. The molecule has 0 bridgehead atoms. The summed E-state index contributed by atoms with van der Waals surface area (Å²) >= 11 is 1.61. The third-order valence-electron chi connectivity index (χ3n) is 4.55.